The van der Waals surface area contributed by atoms with E-state index in [0.717, 1.165) is 27.1 Å². The van der Waals surface area contributed by atoms with Crippen molar-refractivity contribution in [2.24, 2.45) is 0 Å². The highest BCUT2D eigenvalue weighted by Crippen LogP contribution is 2.21. The van der Waals surface area contributed by atoms with E-state index in [1.807, 2.05) is 102 Å². The van der Waals surface area contributed by atoms with Gasteiger partial charge in [0.05, 0.1) is 0 Å². The molecule has 0 saturated carbocycles. The Bertz CT molecular complexity index is 2240. The topological polar surface area (TPSA) is 192 Å². The Balaban J connectivity index is 1.35. The molecule has 0 radical (unpaired) electrons. The zero-order valence-corrected chi connectivity index (χ0v) is 33.8. The number of amides is 5. The van der Waals surface area contributed by atoms with Crippen LogP contribution in [0.1, 0.15) is 34.9 Å². The first-order valence-corrected chi connectivity index (χ1v) is 20.5. The summed E-state index contributed by atoms with van der Waals surface area (Å²) in [5, 5.41) is 25.1. The van der Waals surface area contributed by atoms with E-state index in [0.29, 0.717) is 17.7 Å². The van der Waals surface area contributed by atoms with Crippen molar-refractivity contribution < 1.29 is 38.6 Å². The molecule has 60 heavy (non-hydrogen) atoms. The van der Waals surface area contributed by atoms with E-state index in [9.17, 15) is 33.9 Å². The van der Waals surface area contributed by atoms with Gasteiger partial charge in [-0.1, -0.05) is 103 Å². The van der Waals surface area contributed by atoms with E-state index < -0.39 is 72.3 Å². The summed E-state index contributed by atoms with van der Waals surface area (Å²) in [6, 6.07) is 31.0. The summed E-state index contributed by atoms with van der Waals surface area (Å²) in [6.45, 7) is 0.897. The van der Waals surface area contributed by atoms with E-state index in [1.165, 1.54) is 18.3 Å². The molecule has 2 aliphatic rings. The number of nitrogens with one attached hydrogen (secondary N) is 5. The van der Waals surface area contributed by atoms with Gasteiger partial charge in [-0.3, -0.25) is 28.8 Å². The number of carboxylic acid groups (broad SMARTS) is 1. The molecule has 0 spiro atoms. The van der Waals surface area contributed by atoms with Crippen molar-refractivity contribution in [2.75, 3.05) is 6.61 Å². The number of rotatable bonds is 11. The molecule has 4 aromatic carbocycles. The van der Waals surface area contributed by atoms with Gasteiger partial charge in [0, 0.05) is 24.1 Å². The minimum absolute atomic E-state index is 0.0356. The zero-order chi connectivity index (χ0) is 42.4. The molecule has 0 aliphatic carbocycles. The fourth-order valence-electron chi connectivity index (χ4n) is 6.72. The lowest BCUT2D eigenvalue weighted by molar-refractivity contribution is -0.141. The maximum atomic E-state index is 14.5. The van der Waals surface area contributed by atoms with Crippen LogP contribution in [0.2, 0.25) is 0 Å². The van der Waals surface area contributed by atoms with Crippen LogP contribution in [0.4, 0.5) is 0 Å². The van der Waals surface area contributed by atoms with Gasteiger partial charge in [-0.05, 0) is 71.2 Å². The van der Waals surface area contributed by atoms with Crippen LogP contribution in [0.5, 0.6) is 5.75 Å². The third-order valence-corrected chi connectivity index (χ3v) is 11.0. The van der Waals surface area contributed by atoms with Crippen LogP contribution in [0.3, 0.4) is 0 Å². The van der Waals surface area contributed by atoms with Gasteiger partial charge in [0.15, 0.2) is 6.61 Å². The molecule has 0 saturated heterocycles. The van der Waals surface area contributed by atoms with Crippen molar-refractivity contribution in [3.05, 3.63) is 148 Å². The van der Waals surface area contributed by atoms with Gasteiger partial charge in [0.2, 0.25) is 23.6 Å². The number of carbonyl (C=O) groups is 6. The standard InChI is InChI=1S/C46H47N5O8S/c1-29(46(57)58)47-43(54)38-26-32-16-21-35(22-17-32)59-28-41(52)48-40(27-36-13-8-24-60-36)45(56)51-39(25-31-14-19-34(20-15-31)33-11-6-3-7-12-33)44(55)49-37(42(53)50-38)23-18-30-9-4-2-5-10-30/h2-17,19-22,24,29,37-40H,18,23,25-28H2,1H3,(H,47,54)(H,48,52)(H,49,55)(H,50,53)(H,51,56)(H,57,58)/t29-,37-,38+,39+,40-/m1/s1. The third-order valence-electron chi connectivity index (χ3n) is 10.1. The SMILES string of the molecule is C[C@@H](NC(=O)[C@@H]1Cc2ccc(cc2)OCC(=O)N[C@H](Cc2cccs2)C(=O)N[C@@H](Cc2ccc(-c3ccccc3)cc2)C(=O)N[C@H](CCc2ccccc2)C(=O)N1)C(=O)O. The molecule has 14 heteroatoms. The summed E-state index contributed by atoms with van der Waals surface area (Å²) in [5.74, 6) is -4.19. The molecular weight excluding hydrogens is 783 g/mol. The second-order valence-electron chi connectivity index (χ2n) is 14.6. The van der Waals surface area contributed by atoms with Gasteiger partial charge in [0.25, 0.3) is 5.91 Å². The van der Waals surface area contributed by atoms with Crippen molar-refractivity contribution in [3.63, 3.8) is 0 Å². The first kappa shape index (κ1) is 42.8. The van der Waals surface area contributed by atoms with Crippen LogP contribution >= 0.6 is 11.3 Å². The average molecular weight is 830 g/mol. The molecule has 2 aliphatic heterocycles. The van der Waals surface area contributed by atoms with Crippen LogP contribution in [-0.2, 0) is 54.5 Å². The van der Waals surface area contributed by atoms with E-state index in [-0.39, 0.29) is 25.7 Å². The predicted molar refractivity (Wildman–Crippen MR) is 227 cm³/mol. The summed E-state index contributed by atoms with van der Waals surface area (Å²) in [5.41, 5.74) is 4.18. The highest BCUT2D eigenvalue weighted by Gasteiger charge is 2.33. The first-order chi connectivity index (χ1) is 29.0. The Morgan fingerprint density at radius 3 is 1.97 bits per heavy atom. The van der Waals surface area contributed by atoms with Crippen LogP contribution in [0, 0.1) is 0 Å². The number of hydrogen-bond donors (Lipinski definition) is 6. The summed E-state index contributed by atoms with van der Waals surface area (Å²) in [6.07, 6.45) is 0.647. The first-order valence-electron chi connectivity index (χ1n) is 19.7. The largest absolute Gasteiger partial charge is 0.484 e. The number of carbonyl (C=O) groups excluding carboxylic acids is 5. The van der Waals surface area contributed by atoms with E-state index in [2.05, 4.69) is 26.6 Å². The number of benzene rings is 4. The van der Waals surface area contributed by atoms with Gasteiger partial charge in [-0.25, -0.2) is 0 Å². The molecule has 0 unspecified atom stereocenters. The highest BCUT2D eigenvalue weighted by atomic mass is 32.1. The van der Waals surface area contributed by atoms with Gasteiger partial charge < -0.3 is 36.4 Å². The van der Waals surface area contributed by atoms with E-state index in [1.54, 1.807) is 24.3 Å². The van der Waals surface area contributed by atoms with E-state index in [4.69, 9.17) is 4.74 Å². The maximum absolute atomic E-state index is 14.5. The highest BCUT2D eigenvalue weighted by molar-refractivity contribution is 7.09. The molecule has 13 nitrogen and oxygen atoms in total. The monoisotopic (exact) mass is 829 g/mol. The number of thiophene rings is 1. The van der Waals surface area contributed by atoms with Gasteiger partial charge in [-0.15, -0.1) is 11.3 Å². The lowest BCUT2D eigenvalue weighted by Gasteiger charge is -2.27. The van der Waals surface area contributed by atoms with Crippen molar-refractivity contribution in [3.8, 4) is 16.9 Å². The van der Waals surface area contributed by atoms with Crippen LogP contribution in [-0.4, -0.2) is 77.4 Å². The number of ether oxygens (including phenoxy) is 1. The Labute approximate surface area is 351 Å². The van der Waals surface area contributed by atoms with Gasteiger partial charge in [0.1, 0.15) is 36.0 Å². The molecule has 7 rings (SSSR count). The minimum atomic E-state index is -1.26. The smallest absolute Gasteiger partial charge is 0.325 e. The lowest BCUT2D eigenvalue weighted by atomic mass is 9.99. The third kappa shape index (κ3) is 12.4. The van der Waals surface area contributed by atoms with Crippen molar-refractivity contribution >= 4 is 46.8 Å². The molecule has 5 atom stereocenters. The number of carboxylic acids is 1. The van der Waals surface area contributed by atoms with Crippen LogP contribution in [0.15, 0.2) is 127 Å². The molecule has 5 aromatic rings. The number of aliphatic carboxylic acids is 1. The maximum Gasteiger partial charge on any atom is 0.325 e. The molecular formula is C46H47N5O8S. The molecule has 5 amide bonds. The average Bonchev–Trinajstić information content (AvgIpc) is 3.78. The van der Waals surface area contributed by atoms with Crippen molar-refractivity contribution in [1.82, 2.24) is 26.6 Å². The second kappa shape index (κ2) is 20.8. The quantitative estimate of drug-likeness (QED) is 0.108. The number of aryl methyl sites for hydroxylation is 1. The Hall–Kier alpha value is -6.80. The predicted octanol–water partition coefficient (Wildman–Crippen LogP) is 4.00. The number of hydrogen-bond acceptors (Lipinski definition) is 8. The van der Waals surface area contributed by atoms with Gasteiger partial charge in [-0.2, -0.15) is 0 Å². The molecule has 0 fully saturated rings. The van der Waals surface area contributed by atoms with E-state index >= 15 is 0 Å². The van der Waals surface area contributed by atoms with Crippen LogP contribution in [0.25, 0.3) is 11.1 Å². The van der Waals surface area contributed by atoms with Crippen LogP contribution < -0.4 is 31.3 Å². The molecule has 6 N–H and O–H groups in total. The summed E-state index contributed by atoms with van der Waals surface area (Å²) in [7, 11) is 0. The fraction of sp³-hybridized carbons (Fsp3) is 0.261. The minimum Gasteiger partial charge on any atom is -0.484 e. The Morgan fingerprint density at radius 1 is 0.700 bits per heavy atom. The normalized spacial score (nSPS) is 19.5. The molecule has 3 heterocycles. The van der Waals surface area contributed by atoms with Crippen molar-refractivity contribution in [2.45, 2.75) is 69.2 Å². The number of fused-ring (bicyclic) bond motifs is 16. The summed E-state index contributed by atoms with van der Waals surface area (Å²) < 4.78 is 5.74. The summed E-state index contributed by atoms with van der Waals surface area (Å²) in [4.78, 5) is 82.4. The second-order valence-corrected chi connectivity index (χ2v) is 15.6. The van der Waals surface area contributed by atoms with Gasteiger partial charge >= 0.3 is 5.97 Å². The fourth-order valence-corrected chi connectivity index (χ4v) is 7.47. The lowest BCUT2D eigenvalue weighted by Crippen LogP contribution is -2.59. The summed E-state index contributed by atoms with van der Waals surface area (Å²) >= 11 is 1.42. The Morgan fingerprint density at radius 2 is 1.32 bits per heavy atom. The molecule has 310 valence electrons. The molecule has 2 bridgehead atoms. The molecule has 1 aromatic heterocycles. The Kier molecular flexibility index (Phi) is 14.8. The van der Waals surface area contributed by atoms with Crippen molar-refractivity contribution in [1.29, 1.82) is 0 Å². The zero-order valence-electron chi connectivity index (χ0n) is 33.0.